The highest BCUT2D eigenvalue weighted by Crippen LogP contribution is 2.33. The van der Waals surface area contributed by atoms with Crippen LogP contribution in [0, 0.1) is 0 Å². The van der Waals surface area contributed by atoms with Crippen molar-refractivity contribution in [1.82, 2.24) is 4.57 Å². The van der Waals surface area contributed by atoms with E-state index in [0.717, 1.165) is 22.7 Å². The van der Waals surface area contributed by atoms with Crippen molar-refractivity contribution in [2.24, 2.45) is 7.05 Å². The molecule has 0 bridgehead atoms. The number of fused-ring (bicyclic) bond motifs is 1. The van der Waals surface area contributed by atoms with E-state index >= 15 is 0 Å². The van der Waals surface area contributed by atoms with Crippen LogP contribution in [0.5, 0.6) is 11.5 Å². The van der Waals surface area contributed by atoms with Gasteiger partial charge >= 0.3 is 0 Å². The second kappa shape index (κ2) is 5.52. The Kier molecular flexibility index (Phi) is 3.56. The predicted molar refractivity (Wildman–Crippen MR) is 81.2 cm³/mol. The Morgan fingerprint density at radius 1 is 1.14 bits per heavy atom. The molecule has 1 N–H and O–H groups in total. The van der Waals surface area contributed by atoms with Gasteiger partial charge in [0.2, 0.25) is 5.56 Å². The van der Waals surface area contributed by atoms with E-state index in [-0.39, 0.29) is 11.6 Å². The van der Waals surface area contributed by atoms with Gasteiger partial charge in [0, 0.05) is 25.4 Å². The summed E-state index contributed by atoms with van der Waals surface area (Å²) in [4.78, 5) is 11.4. The van der Waals surface area contributed by atoms with Crippen LogP contribution in [0.3, 0.4) is 0 Å². The highest BCUT2D eigenvalue weighted by Gasteiger charge is 2.14. The number of nitrogens with zero attached hydrogens (tertiary/aromatic N) is 1. The van der Waals surface area contributed by atoms with Crippen LogP contribution < -0.4 is 20.3 Å². The average Bonchev–Trinajstić information content (AvgIpc) is 2.50. The predicted octanol–water partition coefficient (Wildman–Crippen LogP) is 2.33. The molecule has 0 amide bonds. The SMILES string of the molecule is CC(Nc1ccc(=O)n(C)c1)c1ccc2c(c1)OCCO2. The van der Waals surface area contributed by atoms with Crippen LogP contribution in [0.4, 0.5) is 5.69 Å². The molecular weight excluding hydrogens is 268 g/mol. The van der Waals surface area contributed by atoms with Gasteiger partial charge in [-0.2, -0.15) is 0 Å². The summed E-state index contributed by atoms with van der Waals surface area (Å²) in [5, 5.41) is 3.38. The van der Waals surface area contributed by atoms with Crippen molar-refractivity contribution in [2.45, 2.75) is 13.0 Å². The number of aromatic nitrogens is 1. The van der Waals surface area contributed by atoms with Gasteiger partial charge in [0.15, 0.2) is 11.5 Å². The van der Waals surface area contributed by atoms with Crippen molar-refractivity contribution in [3.63, 3.8) is 0 Å². The molecule has 0 radical (unpaired) electrons. The van der Waals surface area contributed by atoms with Crippen molar-refractivity contribution in [3.05, 3.63) is 52.4 Å². The maximum Gasteiger partial charge on any atom is 0.250 e. The first-order valence-corrected chi connectivity index (χ1v) is 6.96. The van der Waals surface area contributed by atoms with Gasteiger partial charge in [-0.1, -0.05) is 6.07 Å². The summed E-state index contributed by atoms with van der Waals surface area (Å²) in [5.41, 5.74) is 1.99. The lowest BCUT2D eigenvalue weighted by molar-refractivity contribution is 0.171. The highest BCUT2D eigenvalue weighted by molar-refractivity contribution is 5.48. The number of pyridine rings is 1. The van der Waals surface area contributed by atoms with Gasteiger partial charge in [0.25, 0.3) is 0 Å². The topological polar surface area (TPSA) is 52.5 Å². The lowest BCUT2D eigenvalue weighted by Gasteiger charge is -2.21. The van der Waals surface area contributed by atoms with Gasteiger partial charge in [-0.3, -0.25) is 4.79 Å². The molecule has 5 nitrogen and oxygen atoms in total. The molecule has 0 spiro atoms. The zero-order valence-corrected chi connectivity index (χ0v) is 12.1. The van der Waals surface area contributed by atoms with Gasteiger partial charge < -0.3 is 19.4 Å². The van der Waals surface area contributed by atoms with E-state index in [1.807, 2.05) is 18.2 Å². The third-order valence-electron chi connectivity index (χ3n) is 3.54. The Bertz CT molecular complexity index is 709. The van der Waals surface area contributed by atoms with E-state index in [4.69, 9.17) is 9.47 Å². The number of rotatable bonds is 3. The fourth-order valence-corrected chi connectivity index (χ4v) is 2.34. The number of ether oxygens (including phenoxy) is 2. The monoisotopic (exact) mass is 286 g/mol. The first-order valence-electron chi connectivity index (χ1n) is 6.96. The highest BCUT2D eigenvalue weighted by atomic mass is 16.6. The summed E-state index contributed by atoms with van der Waals surface area (Å²) in [6.07, 6.45) is 1.79. The molecule has 110 valence electrons. The summed E-state index contributed by atoms with van der Waals surface area (Å²) in [5.74, 6) is 1.58. The molecule has 0 aliphatic carbocycles. The van der Waals surface area contributed by atoms with Gasteiger partial charge in [-0.05, 0) is 30.7 Å². The zero-order valence-electron chi connectivity index (χ0n) is 12.1. The van der Waals surface area contributed by atoms with Crippen LogP contribution in [0.15, 0.2) is 41.3 Å². The minimum absolute atomic E-state index is 0.0208. The largest absolute Gasteiger partial charge is 0.486 e. The van der Waals surface area contributed by atoms with Crippen molar-refractivity contribution < 1.29 is 9.47 Å². The van der Waals surface area contributed by atoms with Crippen molar-refractivity contribution in [2.75, 3.05) is 18.5 Å². The van der Waals surface area contributed by atoms with Crippen LogP contribution in [-0.4, -0.2) is 17.8 Å². The standard InChI is InChI=1S/C16H18N2O3/c1-11(17-13-4-6-16(19)18(2)10-13)12-3-5-14-15(9-12)21-8-7-20-14/h3-6,9-11,17H,7-8H2,1-2H3. The number of nitrogens with one attached hydrogen (secondary N) is 1. The Morgan fingerprint density at radius 2 is 1.90 bits per heavy atom. The Labute approximate surface area is 123 Å². The molecule has 5 heteroatoms. The lowest BCUT2D eigenvalue weighted by Crippen LogP contribution is -2.17. The Balaban J connectivity index is 1.80. The second-order valence-electron chi connectivity index (χ2n) is 5.14. The lowest BCUT2D eigenvalue weighted by atomic mass is 10.1. The van der Waals surface area contributed by atoms with Gasteiger partial charge in [-0.15, -0.1) is 0 Å². The summed E-state index contributed by atoms with van der Waals surface area (Å²) in [6, 6.07) is 9.39. The molecule has 1 aromatic carbocycles. The first kappa shape index (κ1) is 13.5. The van der Waals surface area contributed by atoms with E-state index in [0.29, 0.717) is 13.2 Å². The molecule has 1 aliphatic rings. The molecule has 0 fully saturated rings. The van der Waals surface area contributed by atoms with Gasteiger partial charge in [0.1, 0.15) is 13.2 Å². The molecule has 2 heterocycles. The molecule has 2 aromatic rings. The van der Waals surface area contributed by atoms with Crippen LogP contribution in [0.1, 0.15) is 18.5 Å². The van der Waals surface area contributed by atoms with Crippen LogP contribution >= 0.6 is 0 Å². The molecule has 0 saturated carbocycles. The van der Waals surface area contributed by atoms with Crippen LogP contribution in [0.2, 0.25) is 0 Å². The van der Waals surface area contributed by atoms with E-state index in [1.165, 1.54) is 0 Å². The van der Waals surface area contributed by atoms with Crippen molar-refractivity contribution in [3.8, 4) is 11.5 Å². The fraction of sp³-hybridized carbons (Fsp3) is 0.312. The average molecular weight is 286 g/mol. The fourth-order valence-electron chi connectivity index (χ4n) is 2.34. The van der Waals surface area contributed by atoms with Gasteiger partial charge in [-0.25, -0.2) is 0 Å². The minimum atomic E-state index is -0.0208. The molecular formula is C16H18N2O3. The van der Waals surface area contributed by atoms with E-state index < -0.39 is 0 Å². The molecule has 1 aliphatic heterocycles. The summed E-state index contributed by atoms with van der Waals surface area (Å²) in [6.45, 7) is 3.24. The summed E-state index contributed by atoms with van der Waals surface area (Å²) >= 11 is 0. The van der Waals surface area contributed by atoms with E-state index in [9.17, 15) is 4.79 Å². The van der Waals surface area contributed by atoms with Crippen molar-refractivity contribution >= 4 is 5.69 Å². The molecule has 1 atom stereocenters. The Hall–Kier alpha value is -2.43. The molecule has 1 unspecified atom stereocenters. The maximum absolute atomic E-state index is 11.4. The van der Waals surface area contributed by atoms with Gasteiger partial charge in [0.05, 0.1) is 5.69 Å². The van der Waals surface area contributed by atoms with Crippen LogP contribution in [-0.2, 0) is 7.05 Å². The number of anilines is 1. The third kappa shape index (κ3) is 2.86. The third-order valence-corrected chi connectivity index (χ3v) is 3.54. The molecule has 0 saturated heterocycles. The van der Waals surface area contributed by atoms with E-state index in [1.54, 1.807) is 29.9 Å². The number of benzene rings is 1. The van der Waals surface area contributed by atoms with E-state index in [2.05, 4.69) is 12.2 Å². The quantitative estimate of drug-likeness (QED) is 0.941. The minimum Gasteiger partial charge on any atom is -0.486 e. The normalized spacial score (nSPS) is 14.6. The second-order valence-corrected chi connectivity index (χ2v) is 5.14. The smallest absolute Gasteiger partial charge is 0.250 e. The molecule has 3 rings (SSSR count). The number of aryl methyl sites for hydroxylation is 1. The van der Waals surface area contributed by atoms with Crippen LogP contribution in [0.25, 0.3) is 0 Å². The zero-order chi connectivity index (χ0) is 14.8. The molecule has 1 aromatic heterocycles. The number of hydrogen-bond donors (Lipinski definition) is 1. The first-order chi connectivity index (χ1) is 10.1. The maximum atomic E-state index is 11.4. The summed E-state index contributed by atoms with van der Waals surface area (Å²) in [7, 11) is 1.74. The summed E-state index contributed by atoms with van der Waals surface area (Å²) < 4.78 is 12.7. The number of hydrogen-bond acceptors (Lipinski definition) is 4. The molecule has 21 heavy (non-hydrogen) atoms. The van der Waals surface area contributed by atoms with Crippen molar-refractivity contribution in [1.29, 1.82) is 0 Å². The Morgan fingerprint density at radius 3 is 2.67 bits per heavy atom.